The largest absolute Gasteiger partial charge is 0.481 e. The maximum atomic E-state index is 12.6. The number of benzene rings is 3. The highest BCUT2D eigenvalue weighted by atomic mass is 16.6. The molecule has 1 aliphatic rings. The van der Waals surface area contributed by atoms with Gasteiger partial charge in [-0.15, -0.1) is 0 Å². The molecule has 0 unspecified atom stereocenters. The van der Waals surface area contributed by atoms with E-state index < -0.39 is 23.6 Å². The van der Waals surface area contributed by atoms with Gasteiger partial charge in [-0.25, -0.2) is 4.79 Å². The van der Waals surface area contributed by atoms with E-state index in [0.717, 1.165) is 40.7 Å². The SMILES string of the molecule is Cc1onc(-c2ccc(-c3ccc(C4(C(=O)O)CCCC4)cc3)cc2)c1NC(=O)O[C@H](C)c1ccccc1. The number of nitrogens with one attached hydrogen (secondary N) is 1. The van der Waals surface area contributed by atoms with Crippen molar-refractivity contribution in [1.29, 1.82) is 0 Å². The number of carbonyl (C=O) groups is 2. The van der Waals surface area contributed by atoms with Gasteiger partial charge in [-0.2, -0.15) is 0 Å². The van der Waals surface area contributed by atoms with Gasteiger partial charge in [-0.1, -0.05) is 96.9 Å². The van der Waals surface area contributed by atoms with Gasteiger partial charge in [0.15, 0.2) is 5.76 Å². The first-order valence-corrected chi connectivity index (χ1v) is 12.8. The fourth-order valence-electron chi connectivity index (χ4n) is 5.21. The van der Waals surface area contributed by atoms with Crippen molar-refractivity contribution in [3.8, 4) is 22.4 Å². The number of hydrogen-bond donors (Lipinski definition) is 2. The number of rotatable bonds is 7. The zero-order valence-corrected chi connectivity index (χ0v) is 21.4. The van der Waals surface area contributed by atoms with Crippen LogP contribution in [0.15, 0.2) is 83.4 Å². The molecular weight excluding hydrogens is 480 g/mol. The number of carboxylic acids is 1. The number of aryl methyl sites for hydroxylation is 1. The lowest BCUT2D eigenvalue weighted by atomic mass is 9.78. The summed E-state index contributed by atoms with van der Waals surface area (Å²) >= 11 is 0. The Balaban J connectivity index is 1.31. The minimum atomic E-state index is -0.767. The highest BCUT2D eigenvalue weighted by Gasteiger charge is 2.42. The molecule has 0 saturated heterocycles. The predicted octanol–water partition coefficient (Wildman–Crippen LogP) is 7.52. The summed E-state index contributed by atoms with van der Waals surface area (Å²) in [6.07, 6.45) is 2.25. The molecule has 1 fully saturated rings. The average Bonchev–Trinajstić information content (AvgIpc) is 3.58. The van der Waals surface area contributed by atoms with E-state index in [9.17, 15) is 14.7 Å². The van der Waals surface area contributed by atoms with Gasteiger partial charge in [-0.3, -0.25) is 10.1 Å². The first kappa shape index (κ1) is 25.3. The summed E-state index contributed by atoms with van der Waals surface area (Å²) in [5.74, 6) is -0.263. The second kappa shape index (κ2) is 10.5. The van der Waals surface area contributed by atoms with E-state index in [1.807, 2.05) is 85.8 Å². The Morgan fingerprint density at radius 3 is 2.11 bits per heavy atom. The van der Waals surface area contributed by atoms with Crippen molar-refractivity contribution >= 4 is 17.7 Å². The third-order valence-electron chi connectivity index (χ3n) is 7.44. The van der Waals surface area contributed by atoms with Gasteiger partial charge >= 0.3 is 12.1 Å². The molecule has 0 aliphatic heterocycles. The van der Waals surface area contributed by atoms with Crippen LogP contribution in [0.3, 0.4) is 0 Å². The third kappa shape index (κ3) is 4.92. The lowest BCUT2D eigenvalue weighted by Gasteiger charge is -2.24. The van der Waals surface area contributed by atoms with Crippen LogP contribution in [0.25, 0.3) is 22.4 Å². The Bertz CT molecular complexity index is 1420. The molecule has 0 bridgehead atoms. The van der Waals surface area contributed by atoms with Gasteiger partial charge in [0.2, 0.25) is 0 Å². The van der Waals surface area contributed by atoms with Crippen molar-refractivity contribution in [2.45, 2.75) is 51.0 Å². The summed E-state index contributed by atoms with van der Waals surface area (Å²) in [4.78, 5) is 24.6. The molecule has 1 saturated carbocycles. The molecule has 38 heavy (non-hydrogen) atoms. The molecule has 0 spiro atoms. The second-order valence-electron chi connectivity index (χ2n) is 9.79. The molecule has 1 atom stereocenters. The number of nitrogens with zero attached hydrogens (tertiary/aromatic N) is 1. The lowest BCUT2D eigenvalue weighted by molar-refractivity contribution is -0.143. The molecule has 7 nitrogen and oxygen atoms in total. The standard InChI is InChI=1S/C31H30N2O5/c1-20(22-8-4-3-5-9-22)37-30(36)32-27-21(2)38-33-28(27)25-12-10-23(11-13-25)24-14-16-26(17-15-24)31(29(34)35)18-6-7-19-31/h3-5,8-17,20H,6-7,18-19H2,1-2H3,(H,32,36)(H,34,35)/t20-/m1/s1. The Labute approximate surface area is 221 Å². The van der Waals surface area contributed by atoms with Gasteiger partial charge in [0, 0.05) is 5.56 Å². The van der Waals surface area contributed by atoms with Crippen molar-refractivity contribution < 1.29 is 24.0 Å². The maximum absolute atomic E-state index is 12.6. The topological polar surface area (TPSA) is 102 Å². The second-order valence-corrected chi connectivity index (χ2v) is 9.79. The zero-order valence-electron chi connectivity index (χ0n) is 21.4. The van der Waals surface area contributed by atoms with Gasteiger partial charge in [0.1, 0.15) is 17.5 Å². The van der Waals surface area contributed by atoms with E-state index in [2.05, 4.69) is 10.5 Å². The number of carboxylic acid groups (broad SMARTS) is 1. The number of anilines is 1. The summed E-state index contributed by atoms with van der Waals surface area (Å²) in [5.41, 5.74) is 4.73. The number of aromatic nitrogens is 1. The van der Waals surface area contributed by atoms with Crippen LogP contribution in [0.5, 0.6) is 0 Å². The van der Waals surface area contributed by atoms with E-state index >= 15 is 0 Å². The molecule has 2 N–H and O–H groups in total. The molecular formula is C31H30N2O5. The van der Waals surface area contributed by atoms with Crippen LogP contribution < -0.4 is 5.32 Å². The normalized spacial score (nSPS) is 15.1. The summed E-state index contributed by atoms with van der Waals surface area (Å²) < 4.78 is 10.9. The predicted molar refractivity (Wildman–Crippen MR) is 145 cm³/mol. The fourth-order valence-corrected chi connectivity index (χ4v) is 5.21. The van der Waals surface area contributed by atoms with Crippen LogP contribution >= 0.6 is 0 Å². The smallest absolute Gasteiger partial charge is 0.412 e. The van der Waals surface area contributed by atoms with E-state index in [1.54, 1.807) is 6.92 Å². The van der Waals surface area contributed by atoms with Crippen LogP contribution in [0.1, 0.15) is 55.6 Å². The van der Waals surface area contributed by atoms with Crippen molar-refractivity contribution in [3.63, 3.8) is 0 Å². The van der Waals surface area contributed by atoms with E-state index in [4.69, 9.17) is 9.26 Å². The summed E-state index contributed by atoms with van der Waals surface area (Å²) in [5, 5.41) is 16.8. The molecule has 1 amide bonds. The molecule has 7 heteroatoms. The van der Waals surface area contributed by atoms with Crippen molar-refractivity contribution in [2.75, 3.05) is 5.32 Å². The zero-order chi connectivity index (χ0) is 26.7. The van der Waals surface area contributed by atoms with Gasteiger partial charge in [0.25, 0.3) is 0 Å². The fraction of sp³-hybridized carbons (Fsp3) is 0.258. The molecule has 1 heterocycles. The number of carbonyl (C=O) groups excluding carboxylic acids is 1. The average molecular weight is 511 g/mol. The molecule has 3 aromatic carbocycles. The van der Waals surface area contributed by atoms with Crippen LogP contribution in [-0.4, -0.2) is 22.3 Å². The Morgan fingerprint density at radius 2 is 1.50 bits per heavy atom. The molecule has 194 valence electrons. The Hall–Kier alpha value is -4.39. The quantitative estimate of drug-likeness (QED) is 0.267. The van der Waals surface area contributed by atoms with E-state index in [0.29, 0.717) is 30.0 Å². The van der Waals surface area contributed by atoms with Gasteiger partial charge < -0.3 is 14.4 Å². The van der Waals surface area contributed by atoms with Crippen LogP contribution in [0, 0.1) is 6.92 Å². The van der Waals surface area contributed by atoms with Crippen molar-refractivity contribution in [2.24, 2.45) is 0 Å². The van der Waals surface area contributed by atoms with Crippen LogP contribution in [-0.2, 0) is 14.9 Å². The van der Waals surface area contributed by atoms with Crippen molar-refractivity contribution in [1.82, 2.24) is 5.16 Å². The first-order chi connectivity index (χ1) is 18.4. The third-order valence-corrected chi connectivity index (χ3v) is 7.44. The summed E-state index contributed by atoms with van der Waals surface area (Å²) in [6.45, 7) is 3.55. The van der Waals surface area contributed by atoms with Crippen LogP contribution in [0.2, 0.25) is 0 Å². The minimum Gasteiger partial charge on any atom is -0.481 e. The summed E-state index contributed by atoms with van der Waals surface area (Å²) in [7, 11) is 0. The molecule has 1 aromatic heterocycles. The van der Waals surface area contributed by atoms with Crippen LogP contribution in [0.4, 0.5) is 10.5 Å². The number of aliphatic carboxylic acids is 1. The summed E-state index contributed by atoms with van der Waals surface area (Å²) in [6, 6.07) is 25.1. The first-order valence-electron chi connectivity index (χ1n) is 12.8. The monoisotopic (exact) mass is 510 g/mol. The van der Waals surface area contributed by atoms with Gasteiger partial charge in [-0.05, 0) is 48.9 Å². The van der Waals surface area contributed by atoms with E-state index in [-0.39, 0.29) is 0 Å². The minimum absolute atomic E-state index is 0.412. The highest BCUT2D eigenvalue weighted by Crippen LogP contribution is 2.42. The lowest BCUT2D eigenvalue weighted by Crippen LogP contribution is -2.32. The van der Waals surface area contributed by atoms with E-state index in [1.165, 1.54) is 0 Å². The molecule has 0 radical (unpaired) electrons. The number of hydrogen-bond acceptors (Lipinski definition) is 5. The molecule has 4 aromatic rings. The maximum Gasteiger partial charge on any atom is 0.412 e. The molecule has 5 rings (SSSR count). The number of ether oxygens (including phenoxy) is 1. The van der Waals surface area contributed by atoms with Crippen molar-refractivity contribution in [3.05, 3.63) is 95.7 Å². The Morgan fingerprint density at radius 1 is 0.921 bits per heavy atom. The number of amides is 1. The highest BCUT2D eigenvalue weighted by molar-refractivity contribution is 5.91. The Kier molecular flexibility index (Phi) is 7.01. The van der Waals surface area contributed by atoms with Gasteiger partial charge in [0.05, 0.1) is 5.41 Å². The molecule has 1 aliphatic carbocycles.